The summed E-state index contributed by atoms with van der Waals surface area (Å²) in [7, 11) is 0. The molecule has 0 aromatic carbocycles. The van der Waals surface area contributed by atoms with Crippen molar-refractivity contribution in [2.75, 3.05) is 18.6 Å². The van der Waals surface area contributed by atoms with Crippen LogP contribution in [0.15, 0.2) is 0 Å². The lowest BCUT2D eigenvalue weighted by atomic mass is 9.87. The summed E-state index contributed by atoms with van der Waals surface area (Å²) in [5.41, 5.74) is 0. The summed E-state index contributed by atoms with van der Waals surface area (Å²) >= 11 is 1.54. The second-order valence-corrected chi connectivity index (χ2v) is 4.78. The van der Waals surface area contributed by atoms with E-state index in [1.165, 1.54) is 0 Å². The fourth-order valence-corrected chi connectivity index (χ4v) is 2.15. The molecule has 0 radical (unpaired) electrons. The largest absolute Gasteiger partial charge is 0.393 e. The molecule has 4 heteroatoms. The number of rotatable bonds is 4. The molecule has 0 heterocycles. The van der Waals surface area contributed by atoms with Crippen molar-refractivity contribution in [2.45, 2.75) is 31.8 Å². The van der Waals surface area contributed by atoms with Crippen molar-refractivity contribution in [2.24, 2.45) is 5.92 Å². The molecular formula is C10H19NO2S. The number of amides is 1. The van der Waals surface area contributed by atoms with Crippen LogP contribution in [0.4, 0.5) is 0 Å². The summed E-state index contributed by atoms with van der Waals surface area (Å²) < 4.78 is 0. The predicted octanol–water partition coefficient (Wildman–Crippen LogP) is 1.02. The third kappa shape index (κ3) is 4.33. The molecule has 0 spiro atoms. The first-order chi connectivity index (χ1) is 6.72. The molecule has 1 amide bonds. The van der Waals surface area contributed by atoms with E-state index in [2.05, 4.69) is 5.32 Å². The first-order valence-electron chi connectivity index (χ1n) is 5.16. The number of carbonyl (C=O) groups is 1. The smallest absolute Gasteiger partial charge is 0.229 e. The molecular weight excluding hydrogens is 198 g/mol. The fourth-order valence-electron chi connectivity index (χ4n) is 1.79. The third-order valence-electron chi connectivity index (χ3n) is 2.68. The van der Waals surface area contributed by atoms with Gasteiger partial charge >= 0.3 is 0 Å². The number of hydrogen-bond acceptors (Lipinski definition) is 3. The lowest BCUT2D eigenvalue weighted by Gasteiger charge is -2.25. The van der Waals surface area contributed by atoms with Crippen LogP contribution in [0.1, 0.15) is 25.7 Å². The van der Waals surface area contributed by atoms with Gasteiger partial charge in [0.05, 0.1) is 11.9 Å². The van der Waals surface area contributed by atoms with E-state index in [1.807, 2.05) is 6.26 Å². The first-order valence-corrected chi connectivity index (χ1v) is 6.55. The highest BCUT2D eigenvalue weighted by atomic mass is 32.2. The lowest BCUT2D eigenvalue weighted by molar-refractivity contribution is -0.118. The predicted molar refractivity (Wildman–Crippen MR) is 59.4 cm³/mol. The summed E-state index contributed by atoms with van der Waals surface area (Å²) in [6.07, 6.45) is 5.69. The van der Waals surface area contributed by atoms with Crippen molar-refractivity contribution in [3.05, 3.63) is 0 Å². The van der Waals surface area contributed by atoms with E-state index in [1.54, 1.807) is 11.8 Å². The van der Waals surface area contributed by atoms with Gasteiger partial charge in [0.15, 0.2) is 0 Å². The van der Waals surface area contributed by atoms with E-state index in [0.717, 1.165) is 32.2 Å². The van der Waals surface area contributed by atoms with Crippen LogP contribution in [0, 0.1) is 5.92 Å². The third-order valence-corrected chi connectivity index (χ3v) is 3.23. The number of nitrogens with one attached hydrogen (secondary N) is 1. The summed E-state index contributed by atoms with van der Waals surface area (Å²) in [5.74, 6) is 1.25. The minimum atomic E-state index is -0.104. The molecule has 3 nitrogen and oxygen atoms in total. The Morgan fingerprint density at radius 1 is 1.43 bits per heavy atom. The van der Waals surface area contributed by atoms with E-state index in [0.29, 0.717) is 11.7 Å². The molecule has 0 saturated heterocycles. The highest BCUT2D eigenvalue weighted by molar-refractivity contribution is 7.99. The van der Waals surface area contributed by atoms with Gasteiger partial charge in [0.1, 0.15) is 0 Å². The average Bonchev–Trinajstić information content (AvgIpc) is 2.17. The second kappa shape index (κ2) is 6.30. The topological polar surface area (TPSA) is 49.3 Å². The number of carbonyl (C=O) groups excluding carboxylic acids is 1. The number of aliphatic hydroxyl groups excluding tert-OH is 1. The maximum atomic E-state index is 11.2. The van der Waals surface area contributed by atoms with Crippen LogP contribution in [0.3, 0.4) is 0 Å². The van der Waals surface area contributed by atoms with Crippen molar-refractivity contribution in [1.29, 1.82) is 0 Å². The summed E-state index contributed by atoms with van der Waals surface area (Å²) in [6.45, 7) is 0.784. The van der Waals surface area contributed by atoms with Gasteiger partial charge in [-0.2, -0.15) is 11.8 Å². The zero-order valence-electron chi connectivity index (χ0n) is 8.66. The maximum Gasteiger partial charge on any atom is 0.229 e. The molecule has 82 valence electrons. The average molecular weight is 217 g/mol. The number of thioether (sulfide) groups is 1. The van der Waals surface area contributed by atoms with Crippen LogP contribution in [-0.4, -0.2) is 35.7 Å². The van der Waals surface area contributed by atoms with Gasteiger partial charge in [-0.05, 0) is 37.9 Å². The van der Waals surface area contributed by atoms with Gasteiger partial charge in [0, 0.05) is 6.54 Å². The molecule has 0 atom stereocenters. The Labute approximate surface area is 89.6 Å². The van der Waals surface area contributed by atoms with Crippen molar-refractivity contribution in [3.8, 4) is 0 Å². The van der Waals surface area contributed by atoms with Crippen LogP contribution >= 0.6 is 11.8 Å². The Morgan fingerprint density at radius 2 is 2.07 bits per heavy atom. The molecule has 1 aliphatic carbocycles. The van der Waals surface area contributed by atoms with Crippen LogP contribution in [-0.2, 0) is 4.79 Å². The van der Waals surface area contributed by atoms with Crippen LogP contribution in [0.25, 0.3) is 0 Å². The molecule has 1 fully saturated rings. The van der Waals surface area contributed by atoms with Gasteiger partial charge in [-0.3, -0.25) is 4.79 Å². The molecule has 0 aromatic heterocycles. The summed E-state index contributed by atoms with van der Waals surface area (Å²) in [5, 5.41) is 12.2. The van der Waals surface area contributed by atoms with Gasteiger partial charge in [-0.15, -0.1) is 0 Å². The zero-order chi connectivity index (χ0) is 10.4. The van der Waals surface area contributed by atoms with E-state index >= 15 is 0 Å². The molecule has 2 N–H and O–H groups in total. The van der Waals surface area contributed by atoms with E-state index in [-0.39, 0.29) is 12.0 Å². The zero-order valence-corrected chi connectivity index (χ0v) is 9.48. The molecule has 0 bridgehead atoms. The Morgan fingerprint density at radius 3 is 2.64 bits per heavy atom. The summed E-state index contributed by atoms with van der Waals surface area (Å²) in [6, 6.07) is 0. The minimum absolute atomic E-state index is 0.104. The molecule has 14 heavy (non-hydrogen) atoms. The van der Waals surface area contributed by atoms with Gasteiger partial charge in [-0.1, -0.05) is 0 Å². The molecule has 1 rings (SSSR count). The van der Waals surface area contributed by atoms with Crippen LogP contribution in [0.2, 0.25) is 0 Å². The van der Waals surface area contributed by atoms with Crippen molar-refractivity contribution in [1.82, 2.24) is 5.32 Å². The van der Waals surface area contributed by atoms with E-state index < -0.39 is 0 Å². The van der Waals surface area contributed by atoms with Crippen molar-refractivity contribution in [3.63, 3.8) is 0 Å². The van der Waals surface area contributed by atoms with Crippen molar-refractivity contribution < 1.29 is 9.90 Å². The van der Waals surface area contributed by atoms with Gasteiger partial charge in [0.2, 0.25) is 5.91 Å². The molecule has 0 aromatic rings. The Hall–Kier alpha value is -0.220. The molecule has 1 saturated carbocycles. The Kier molecular flexibility index (Phi) is 5.33. The van der Waals surface area contributed by atoms with Crippen LogP contribution < -0.4 is 5.32 Å². The maximum absolute atomic E-state index is 11.2. The van der Waals surface area contributed by atoms with Gasteiger partial charge in [-0.25, -0.2) is 0 Å². The Balaban J connectivity index is 2.09. The lowest BCUT2D eigenvalue weighted by Crippen LogP contribution is -2.33. The fraction of sp³-hybridized carbons (Fsp3) is 0.900. The number of aliphatic hydroxyl groups is 1. The van der Waals surface area contributed by atoms with E-state index in [4.69, 9.17) is 0 Å². The molecule has 1 aliphatic rings. The standard InChI is InChI=1S/C10H19NO2S/c1-14-7-10(13)11-6-8-2-4-9(12)5-3-8/h8-9,12H,2-7H2,1H3,(H,11,13). The SMILES string of the molecule is CSCC(=O)NCC1CCC(O)CC1. The monoisotopic (exact) mass is 217 g/mol. The van der Waals surface area contributed by atoms with Crippen molar-refractivity contribution >= 4 is 17.7 Å². The highest BCUT2D eigenvalue weighted by Gasteiger charge is 2.19. The quantitative estimate of drug-likeness (QED) is 0.739. The van der Waals surface area contributed by atoms with E-state index in [9.17, 15) is 9.90 Å². The number of hydrogen-bond donors (Lipinski definition) is 2. The van der Waals surface area contributed by atoms with Gasteiger partial charge < -0.3 is 10.4 Å². The normalized spacial score (nSPS) is 27.3. The second-order valence-electron chi connectivity index (χ2n) is 3.91. The molecule has 0 aliphatic heterocycles. The molecule has 0 unspecified atom stereocenters. The Bertz CT molecular complexity index is 179. The minimum Gasteiger partial charge on any atom is -0.393 e. The van der Waals surface area contributed by atoms with Crippen LogP contribution in [0.5, 0.6) is 0 Å². The van der Waals surface area contributed by atoms with Gasteiger partial charge in [0.25, 0.3) is 0 Å². The summed E-state index contributed by atoms with van der Waals surface area (Å²) in [4.78, 5) is 11.2. The first kappa shape index (κ1) is 11.9. The highest BCUT2D eigenvalue weighted by Crippen LogP contribution is 2.23.